The average molecular weight is 476 g/mol. The molecule has 0 N–H and O–H groups in total. The Balaban J connectivity index is 1.80. The lowest BCUT2D eigenvalue weighted by Gasteiger charge is -2.38. The zero-order valence-electron chi connectivity index (χ0n) is 17.7. The lowest BCUT2D eigenvalue weighted by molar-refractivity contribution is -0.143. The maximum absolute atomic E-state index is 13.4. The van der Waals surface area contributed by atoms with Crippen molar-refractivity contribution >= 4 is 13.5 Å². The molecule has 4 rings (SSSR count). The van der Waals surface area contributed by atoms with Crippen molar-refractivity contribution in [1.29, 1.82) is 0 Å². The Hall–Kier alpha value is -1.56. The molecule has 0 unspecified atom stereocenters. The minimum Gasteiger partial charge on any atom is -0.300 e. The van der Waals surface area contributed by atoms with Crippen LogP contribution in [0.1, 0.15) is 75.3 Å². The number of halogens is 6. The molecule has 32 heavy (non-hydrogen) atoms. The molecule has 0 saturated heterocycles. The van der Waals surface area contributed by atoms with E-state index in [9.17, 15) is 26.3 Å². The quantitative estimate of drug-likeness (QED) is 0.327. The monoisotopic (exact) mass is 476 g/mol. The summed E-state index contributed by atoms with van der Waals surface area (Å²) in [5.41, 5.74) is -1.17. The fourth-order valence-corrected chi connectivity index (χ4v) is 8.83. The lowest BCUT2D eigenvalue weighted by Crippen LogP contribution is -2.30. The first-order valence-corrected chi connectivity index (χ1v) is 12.7. The van der Waals surface area contributed by atoms with Gasteiger partial charge in [-0.3, -0.25) is 0 Å². The highest BCUT2D eigenvalue weighted by Crippen LogP contribution is 2.54. The zero-order valence-corrected chi connectivity index (χ0v) is 18.6. The third kappa shape index (κ3) is 5.16. The van der Waals surface area contributed by atoms with Crippen molar-refractivity contribution in [1.82, 2.24) is 9.55 Å². The van der Waals surface area contributed by atoms with E-state index >= 15 is 0 Å². The summed E-state index contributed by atoms with van der Waals surface area (Å²) in [4.78, 5) is 4.56. The number of imidazole rings is 1. The van der Waals surface area contributed by atoms with Crippen molar-refractivity contribution in [2.45, 2.75) is 87.9 Å². The van der Waals surface area contributed by atoms with Gasteiger partial charge in [-0.05, 0) is 63.1 Å². The smallest absolute Gasteiger partial charge is 0.300 e. The Morgan fingerprint density at radius 3 is 1.62 bits per heavy atom. The van der Waals surface area contributed by atoms with Crippen LogP contribution in [0.3, 0.4) is 0 Å². The van der Waals surface area contributed by atoms with E-state index in [1.54, 1.807) is 0 Å². The standard InChI is InChI=1S/C23H27F6N2P/c24-22(25,26)16-13-17(23(27,28)29)15-18(14-16)31-12-11-30-21(31)32(19-7-3-1-4-8-19)20-9-5-2-6-10-20/h11-15,19-20H,1-10H2. The second-order valence-corrected chi connectivity index (χ2v) is 11.5. The first-order valence-electron chi connectivity index (χ1n) is 11.3. The first-order chi connectivity index (χ1) is 15.1. The van der Waals surface area contributed by atoms with Gasteiger partial charge in [-0.1, -0.05) is 38.5 Å². The van der Waals surface area contributed by atoms with Gasteiger partial charge in [0.2, 0.25) is 0 Å². The van der Waals surface area contributed by atoms with Crippen LogP contribution in [-0.4, -0.2) is 20.9 Å². The minimum absolute atomic E-state index is 0.112. The highest BCUT2D eigenvalue weighted by Gasteiger charge is 2.39. The van der Waals surface area contributed by atoms with Crippen LogP contribution in [0.5, 0.6) is 0 Å². The van der Waals surface area contributed by atoms with Gasteiger partial charge in [0, 0.05) is 18.1 Å². The van der Waals surface area contributed by atoms with Gasteiger partial charge in [0.05, 0.1) is 11.1 Å². The van der Waals surface area contributed by atoms with E-state index in [-0.39, 0.29) is 11.8 Å². The number of benzene rings is 1. The summed E-state index contributed by atoms with van der Waals surface area (Å²) >= 11 is 0. The number of hydrogen-bond acceptors (Lipinski definition) is 1. The molecule has 9 heteroatoms. The molecule has 1 aromatic heterocycles. The van der Waals surface area contributed by atoms with Crippen molar-refractivity contribution in [3.05, 3.63) is 41.7 Å². The van der Waals surface area contributed by atoms with Crippen LogP contribution in [0, 0.1) is 0 Å². The summed E-state index contributed by atoms with van der Waals surface area (Å²) in [5.74, 6) is 0. The molecule has 0 radical (unpaired) electrons. The summed E-state index contributed by atoms with van der Waals surface area (Å²) in [7, 11) is -0.786. The minimum atomic E-state index is -4.87. The lowest BCUT2D eigenvalue weighted by atomic mass is 9.99. The molecule has 2 aliphatic carbocycles. The number of aromatic nitrogens is 2. The highest BCUT2D eigenvalue weighted by molar-refractivity contribution is 7.66. The van der Waals surface area contributed by atoms with Crippen molar-refractivity contribution in [3.8, 4) is 5.69 Å². The van der Waals surface area contributed by atoms with Crippen LogP contribution in [0.2, 0.25) is 0 Å². The van der Waals surface area contributed by atoms with Crippen LogP contribution in [-0.2, 0) is 12.4 Å². The molecule has 2 aliphatic rings. The van der Waals surface area contributed by atoms with Gasteiger partial charge in [0.1, 0.15) is 5.57 Å². The van der Waals surface area contributed by atoms with E-state index in [1.807, 2.05) is 0 Å². The molecule has 176 valence electrons. The second-order valence-electron chi connectivity index (χ2n) is 8.85. The van der Waals surface area contributed by atoms with Gasteiger partial charge in [-0.2, -0.15) is 26.3 Å². The SMILES string of the molecule is FC(F)(F)c1cc(-n2ccnc2P(C2CCCCC2)C2CCCCC2)cc(C(F)(F)F)c1. The Kier molecular flexibility index (Phi) is 6.90. The van der Waals surface area contributed by atoms with Crippen molar-refractivity contribution in [2.75, 3.05) is 0 Å². The van der Waals surface area contributed by atoms with E-state index in [1.165, 1.54) is 29.8 Å². The number of rotatable bonds is 4. The van der Waals surface area contributed by atoms with Crippen molar-refractivity contribution in [3.63, 3.8) is 0 Å². The molecular formula is C23H27F6N2P. The molecule has 0 amide bonds. The van der Waals surface area contributed by atoms with Gasteiger partial charge in [0.25, 0.3) is 0 Å². The maximum atomic E-state index is 13.4. The fourth-order valence-electron chi connectivity index (χ4n) is 5.11. The van der Waals surface area contributed by atoms with Gasteiger partial charge < -0.3 is 4.57 Å². The Bertz CT molecular complexity index is 858. The molecule has 0 bridgehead atoms. The third-order valence-electron chi connectivity index (χ3n) is 6.64. The van der Waals surface area contributed by atoms with Crippen LogP contribution >= 0.6 is 7.92 Å². The number of alkyl halides is 6. The topological polar surface area (TPSA) is 17.8 Å². The summed E-state index contributed by atoms with van der Waals surface area (Å²) in [6, 6.07) is 1.82. The molecular weight excluding hydrogens is 449 g/mol. The van der Waals surface area contributed by atoms with Crippen molar-refractivity contribution in [2.24, 2.45) is 0 Å². The summed E-state index contributed by atoms with van der Waals surface area (Å²) in [6.07, 6.45) is 4.41. The normalized spacial score (nSPS) is 19.6. The molecule has 0 spiro atoms. The predicted octanol–water partition coefficient (Wildman–Crippen LogP) is 7.68. The maximum Gasteiger partial charge on any atom is 0.416 e. The van der Waals surface area contributed by atoms with Crippen molar-refractivity contribution < 1.29 is 26.3 Å². The Morgan fingerprint density at radius 2 is 1.19 bits per heavy atom. The van der Waals surface area contributed by atoms with Gasteiger partial charge in [-0.15, -0.1) is 0 Å². The molecule has 0 aliphatic heterocycles. The summed E-state index contributed by atoms with van der Waals surface area (Å²) < 4.78 is 82.1. The Morgan fingerprint density at radius 1 is 0.719 bits per heavy atom. The van der Waals surface area contributed by atoms with Gasteiger partial charge in [0.15, 0.2) is 0 Å². The van der Waals surface area contributed by atoms with Crippen LogP contribution in [0.4, 0.5) is 26.3 Å². The summed E-state index contributed by atoms with van der Waals surface area (Å²) in [6.45, 7) is 0. The van der Waals surface area contributed by atoms with Crippen LogP contribution in [0.25, 0.3) is 5.69 Å². The Labute approximate surface area is 185 Å². The number of hydrogen-bond donors (Lipinski definition) is 0. The molecule has 2 aromatic rings. The molecule has 2 saturated carbocycles. The third-order valence-corrected chi connectivity index (χ3v) is 10.0. The first kappa shape index (κ1) is 23.6. The highest BCUT2D eigenvalue weighted by atomic mass is 31.1. The number of nitrogens with zero attached hydrogens (tertiary/aromatic N) is 2. The second kappa shape index (κ2) is 9.36. The predicted molar refractivity (Wildman–Crippen MR) is 114 cm³/mol. The van der Waals surface area contributed by atoms with E-state index in [0.29, 0.717) is 16.9 Å². The van der Waals surface area contributed by atoms with E-state index in [4.69, 9.17) is 0 Å². The van der Waals surface area contributed by atoms with Crippen LogP contribution in [0.15, 0.2) is 30.6 Å². The van der Waals surface area contributed by atoms with Gasteiger partial charge >= 0.3 is 12.4 Å². The fraction of sp³-hybridized carbons (Fsp3) is 0.609. The molecule has 1 heterocycles. The van der Waals surface area contributed by atoms with E-state index < -0.39 is 31.4 Å². The molecule has 2 fully saturated rings. The molecule has 0 atom stereocenters. The molecule has 2 nitrogen and oxygen atoms in total. The summed E-state index contributed by atoms with van der Waals surface area (Å²) in [5, 5.41) is 0. The largest absolute Gasteiger partial charge is 0.416 e. The van der Waals surface area contributed by atoms with Crippen LogP contribution < -0.4 is 5.57 Å². The molecule has 1 aromatic carbocycles. The average Bonchev–Trinajstić information content (AvgIpc) is 3.23. The van der Waals surface area contributed by atoms with E-state index in [2.05, 4.69) is 4.98 Å². The van der Waals surface area contributed by atoms with Gasteiger partial charge in [-0.25, -0.2) is 4.98 Å². The van der Waals surface area contributed by atoms with E-state index in [0.717, 1.165) is 63.5 Å². The zero-order chi connectivity index (χ0) is 22.9.